The second-order valence-electron chi connectivity index (χ2n) is 4.61. The first-order chi connectivity index (χ1) is 9.74. The van der Waals surface area contributed by atoms with E-state index in [1.165, 1.54) is 12.1 Å². The van der Waals surface area contributed by atoms with Crippen molar-refractivity contribution >= 4 is 5.69 Å². The summed E-state index contributed by atoms with van der Waals surface area (Å²) in [4.78, 5) is 2.08. The minimum atomic E-state index is -0.246. The molecule has 20 heavy (non-hydrogen) atoms. The molecule has 2 rings (SSSR count). The summed E-state index contributed by atoms with van der Waals surface area (Å²) in [5.74, 6) is -0.439. The van der Waals surface area contributed by atoms with Crippen molar-refractivity contribution in [1.82, 2.24) is 0 Å². The zero-order valence-corrected chi connectivity index (χ0v) is 11.5. The van der Waals surface area contributed by atoms with Crippen molar-refractivity contribution in [2.75, 3.05) is 18.0 Å². The topological polar surface area (TPSA) is 27.0 Å². The average molecular weight is 268 g/mol. The van der Waals surface area contributed by atoms with E-state index in [-0.39, 0.29) is 11.7 Å². The van der Waals surface area contributed by atoms with Crippen molar-refractivity contribution < 1.29 is 4.39 Å². The maximum atomic E-state index is 13.0. The van der Waals surface area contributed by atoms with E-state index < -0.39 is 0 Å². The van der Waals surface area contributed by atoms with Crippen LogP contribution in [0.25, 0.3) is 0 Å². The summed E-state index contributed by atoms with van der Waals surface area (Å²) in [6.07, 6.45) is 0. The van der Waals surface area contributed by atoms with Crippen LogP contribution in [0.3, 0.4) is 0 Å². The zero-order chi connectivity index (χ0) is 14.4. The lowest BCUT2D eigenvalue weighted by Crippen LogP contribution is -2.27. The highest BCUT2D eigenvalue weighted by Gasteiger charge is 2.15. The van der Waals surface area contributed by atoms with Gasteiger partial charge in [0.25, 0.3) is 0 Å². The smallest absolute Gasteiger partial charge is 0.123 e. The van der Waals surface area contributed by atoms with Gasteiger partial charge >= 0.3 is 0 Å². The Bertz CT molecular complexity index is 572. The van der Waals surface area contributed by atoms with E-state index in [1.807, 2.05) is 37.3 Å². The molecule has 0 radical (unpaired) electrons. The third-order valence-electron chi connectivity index (χ3n) is 3.33. The Labute approximate surface area is 119 Å². The lowest BCUT2D eigenvalue weighted by atomic mass is 10.00. The maximum Gasteiger partial charge on any atom is 0.123 e. The molecule has 2 aromatic rings. The fraction of sp³-hybridized carbons (Fsp3) is 0.235. The first-order valence-corrected chi connectivity index (χ1v) is 6.69. The normalized spacial score (nSPS) is 11.7. The van der Waals surface area contributed by atoms with Crippen LogP contribution in [0.15, 0.2) is 54.6 Å². The number of benzene rings is 2. The monoisotopic (exact) mass is 268 g/mol. The van der Waals surface area contributed by atoms with Crippen LogP contribution in [0.4, 0.5) is 10.1 Å². The second-order valence-corrected chi connectivity index (χ2v) is 4.61. The Morgan fingerprint density at radius 2 is 1.75 bits per heavy atom. The molecule has 0 amide bonds. The zero-order valence-electron chi connectivity index (χ0n) is 11.5. The van der Waals surface area contributed by atoms with Gasteiger partial charge in [0.05, 0.1) is 12.0 Å². The third-order valence-corrected chi connectivity index (χ3v) is 3.33. The highest BCUT2D eigenvalue weighted by molar-refractivity contribution is 5.47. The summed E-state index contributed by atoms with van der Waals surface area (Å²) in [5.41, 5.74) is 1.95. The molecule has 2 aromatic carbocycles. The van der Waals surface area contributed by atoms with Crippen LogP contribution in [-0.4, -0.2) is 13.1 Å². The van der Waals surface area contributed by atoms with Gasteiger partial charge in [-0.15, -0.1) is 0 Å². The van der Waals surface area contributed by atoms with E-state index >= 15 is 0 Å². The van der Waals surface area contributed by atoms with E-state index in [2.05, 4.69) is 11.0 Å². The van der Waals surface area contributed by atoms with Crippen LogP contribution in [0.5, 0.6) is 0 Å². The number of nitriles is 1. The van der Waals surface area contributed by atoms with Crippen LogP contribution in [0.2, 0.25) is 0 Å². The lowest BCUT2D eigenvalue weighted by molar-refractivity contribution is 0.627. The van der Waals surface area contributed by atoms with Crippen LogP contribution < -0.4 is 4.90 Å². The van der Waals surface area contributed by atoms with Crippen LogP contribution >= 0.6 is 0 Å². The van der Waals surface area contributed by atoms with Gasteiger partial charge in [0, 0.05) is 18.8 Å². The van der Waals surface area contributed by atoms with Gasteiger partial charge in [0.15, 0.2) is 0 Å². The molecule has 0 aliphatic heterocycles. The molecule has 2 nitrogen and oxygen atoms in total. The lowest BCUT2D eigenvalue weighted by Gasteiger charge is -2.25. The van der Waals surface area contributed by atoms with Gasteiger partial charge in [-0.2, -0.15) is 5.26 Å². The van der Waals surface area contributed by atoms with Crippen LogP contribution in [0, 0.1) is 17.1 Å². The molecule has 0 saturated carbocycles. The summed E-state index contributed by atoms with van der Waals surface area (Å²) >= 11 is 0. The van der Waals surface area contributed by atoms with E-state index in [9.17, 15) is 9.65 Å². The molecule has 0 aromatic heterocycles. The molecule has 1 unspecified atom stereocenters. The Morgan fingerprint density at radius 3 is 2.30 bits per heavy atom. The molecule has 102 valence electrons. The molecule has 3 heteroatoms. The van der Waals surface area contributed by atoms with Crippen molar-refractivity contribution in [3.63, 3.8) is 0 Å². The number of rotatable bonds is 5. The first kappa shape index (κ1) is 14.1. The molecule has 0 bridgehead atoms. The Balaban J connectivity index is 2.17. The van der Waals surface area contributed by atoms with Gasteiger partial charge in [-0.05, 0) is 36.8 Å². The first-order valence-electron chi connectivity index (χ1n) is 6.69. The number of anilines is 1. The minimum Gasteiger partial charge on any atom is -0.370 e. The van der Waals surface area contributed by atoms with Crippen molar-refractivity contribution in [2.45, 2.75) is 12.8 Å². The third kappa shape index (κ3) is 3.36. The van der Waals surface area contributed by atoms with Crippen molar-refractivity contribution in [3.05, 3.63) is 66.0 Å². The molecular weight excluding hydrogens is 251 g/mol. The van der Waals surface area contributed by atoms with Crippen LogP contribution in [-0.2, 0) is 0 Å². The standard InChI is InChI=1S/C17H17FN2/c1-2-20(17-10-8-16(18)9-11-17)13-15(12-19)14-6-4-3-5-7-14/h3-11,15H,2,13H2,1H3. The highest BCUT2D eigenvalue weighted by Crippen LogP contribution is 2.21. The number of nitrogens with zero attached hydrogens (tertiary/aromatic N) is 2. The van der Waals surface area contributed by atoms with Gasteiger partial charge in [0.1, 0.15) is 5.82 Å². The summed E-state index contributed by atoms with van der Waals surface area (Å²) < 4.78 is 13.0. The highest BCUT2D eigenvalue weighted by atomic mass is 19.1. The van der Waals surface area contributed by atoms with Gasteiger partial charge in [0.2, 0.25) is 0 Å². The summed E-state index contributed by atoms with van der Waals surface area (Å²) in [6, 6.07) is 18.5. The van der Waals surface area contributed by atoms with Crippen molar-refractivity contribution in [3.8, 4) is 6.07 Å². The molecule has 0 spiro atoms. The van der Waals surface area contributed by atoms with Gasteiger partial charge in [-0.1, -0.05) is 30.3 Å². The Morgan fingerprint density at radius 1 is 1.10 bits per heavy atom. The number of halogens is 1. The fourth-order valence-electron chi connectivity index (χ4n) is 2.20. The van der Waals surface area contributed by atoms with Gasteiger partial charge < -0.3 is 4.90 Å². The number of hydrogen-bond donors (Lipinski definition) is 0. The molecular formula is C17H17FN2. The van der Waals surface area contributed by atoms with E-state index in [4.69, 9.17) is 0 Å². The molecule has 0 N–H and O–H groups in total. The largest absolute Gasteiger partial charge is 0.370 e. The van der Waals surface area contributed by atoms with Gasteiger partial charge in [-0.3, -0.25) is 0 Å². The Kier molecular flexibility index (Phi) is 4.73. The molecule has 0 heterocycles. The maximum absolute atomic E-state index is 13.0. The Hall–Kier alpha value is -2.34. The second kappa shape index (κ2) is 6.72. The summed E-state index contributed by atoms with van der Waals surface area (Å²) in [7, 11) is 0. The van der Waals surface area contributed by atoms with E-state index in [0.29, 0.717) is 6.54 Å². The molecule has 1 atom stereocenters. The molecule has 0 aliphatic rings. The summed E-state index contributed by atoms with van der Waals surface area (Å²) in [6.45, 7) is 3.40. The van der Waals surface area contributed by atoms with Gasteiger partial charge in [-0.25, -0.2) is 4.39 Å². The fourth-order valence-corrected chi connectivity index (χ4v) is 2.20. The SMILES string of the molecule is CCN(CC(C#N)c1ccccc1)c1ccc(F)cc1. The van der Waals surface area contributed by atoms with Crippen molar-refractivity contribution in [1.29, 1.82) is 5.26 Å². The number of hydrogen-bond acceptors (Lipinski definition) is 2. The number of likely N-dealkylation sites (N-methyl/N-ethyl adjacent to an activating group) is 1. The van der Waals surface area contributed by atoms with E-state index in [1.54, 1.807) is 12.1 Å². The predicted octanol–water partition coefficient (Wildman–Crippen LogP) is 3.96. The summed E-state index contributed by atoms with van der Waals surface area (Å²) in [5, 5.41) is 9.38. The quantitative estimate of drug-likeness (QED) is 0.820. The molecule has 0 fully saturated rings. The van der Waals surface area contributed by atoms with Crippen LogP contribution in [0.1, 0.15) is 18.4 Å². The average Bonchev–Trinajstić information content (AvgIpc) is 2.51. The molecule has 0 saturated heterocycles. The molecule has 0 aliphatic carbocycles. The van der Waals surface area contributed by atoms with E-state index in [0.717, 1.165) is 17.8 Å². The minimum absolute atomic E-state index is 0.193. The van der Waals surface area contributed by atoms with Crippen molar-refractivity contribution in [2.24, 2.45) is 0 Å². The predicted molar refractivity (Wildman–Crippen MR) is 79.1 cm³/mol.